The van der Waals surface area contributed by atoms with E-state index in [0.29, 0.717) is 22.6 Å². The van der Waals surface area contributed by atoms with Crippen molar-refractivity contribution in [2.75, 3.05) is 12.4 Å². The zero-order valence-corrected chi connectivity index (χ0v) is 10.1. The Labute approximate surface area is 109 Å². The van der Waals surface area contributed by atoms with E-state index in [1.165, 1.54) is 25.8 Å². The summed E-state index contributed by atoms with van der Waals surface area (Å²) >= 11 is 0. The first kappa shape index (κ1) is 12.5. The molecule has 6 nitrogen and oxygen atoms in total. The fourth-order valence-corrected chi connectivity index (χ4v) is 1.47. The van der Waals surface area contributed by atoms with Crippen LogP contribution in [0.1, 0.15) is 15.9 Å². The van der Waals surface area contributed by atoms with Crippen molar-refractivity contribution in [1.29, 1.82) is 5.26 Å². The topological polar surface area (TPSA) is 87.9 Å². The second-order valence-electron chi connectivity index (χ2n) is 3.61. The Balaban J connectivity index is 2.24. The van der Waals surface area contributed by atoms with Gasteiger partial charge in [-0.25, -0.2) is 9.97 Å². The van der Waals surface area contributed by atoms with Gasteiger partial charge in [0.05, 0.1) is 30.0 Å². The molecule has 94 valence electrons. The predicted octanol–water partition coefficient (Wildman–Crippen LogP) is 1.61. The summed E-state index contributed by atoms with van der Waals surface area (Å²) in [5.74, 6) is 0.0767. The van der Waals surface area contributed by atoms with Crippen LogP contribution in [-0.2, 0) is 0 Å². The monoisotopic (exact) mass is 254 g/mol. The van der Waals surface area contributed by atoms with Crippen LogP contribution in [0.4, 0.5) is 5.69 Å². The molecule has 0 aliphatic heterocycles. The first-order chi connectivity index (χ1) is 9.24. The van der Waals surface area contributed by atoms with E-state index < -0.39 is 0 Å². The molecular weight excluding hydrogens is 244 g/mol. The highest BCUT2D eigenvalue weighted by Crippen LogP contribution is 2.25. The molecule has 0 saturated heterocycles. The Morgan fingerprint density at radius 2 is 2.11 bits per heavy atom. The quantitative estimate of drug-likeness (QED) is 0.898. The lowest BCUT2D eigenvalue weighted by molar-refractivity contribution is 0.102. The number of anilines is 1. The standard InChI is InChI=1S/C13H10N4O2/c1-19-12-4-9(5-14)2-3-11(12)17-13(18)10-6-15-8-16-7-10/h2-4,6-8H,1H3,(H,17,18). The lowest BCUT2D eigenvalue weighted by atomic mass is 10.2. The third-order valence-electron chi connectivity index (χ3n) is 2.40. The molecule has 0 saturated carbocycles. The summed E-state index contributed by atoms with van der Waals surface area (Å²) in [5, 5.41) is 11.5. The molecular formula is C13H10N4O2. The molecule has 1 aromatic heterocycles. The van der Waals surface area contributed by atoms with Gasteiger partial charge in [0.2, 0.25) is 0 Å². The number of amides is 1. The van der Waals surface area contributed by atoms with Gasteiger partial charge in [0.1, 0.15) is 12.1 Å². The van der Waals surface area contributed by atoms with Crippen molar-refractivity contribution in [2.45, 2.75) is 0 Å². The Morgan fingerprint density at radius 1 is 1.37 bits per heavy atom. The Bertz CT molecular complexity index is 635. The summed E-state index contributed by atoms with van der Waals surface area (Å²) in [7, 11) is 1.47. The molecule has 6 heteroatoms. The van der Waals surface area contributed by atoms with E-state index in [2.05, 4.69) is 15.3 Å². The average molecular weight is 254 g/mol. The number of hydrogen-bond acceptors (Lipinski definition) is 5. The maximum atomic E-state index is 11.9. The highest BCUT2D eigenvalue weighted by Gasteiger charge is 2.10. The van der Waals surface area contributed by atoms with E-state index in [-0.39, 0.29) is 5.91 Å². The molecule has 1 amide bonds. The lowest BCUT2D eigenvalue weighted by Gasteiger charge is -2.10. The molecule has 1 N–H and O–H groups in total. The van der Waals surface area contributed by atoms with Crippen molar-refractivity contribution in [3.8, 4) is 11.8 Å². The lowest BCUT2D eigenvalue weighted by Crippen LogP contribution is -2.13. The summed E-state index contributed by atoms with van der Waals surface area (Å²) in [6, 6.07) is 6.76. The van der Waals surface area contributed by atoms with Crippen molar-refractivity contribution in [1.82, 2.24) is 9.97 Å². The molecule has 2 aromatic rings. The number of nitriles is 1. The molecule has 0 aliphatic carbocycles. The molecule has 0 radical (unpaired) electrons. The van der Waals surface area contributed by atoms with Crippen molar-refractivity contribution in [3.63, 3.8) is 0 Å². The van der Waals surface area contributed by atoms with E-state index in [0.717, 1.165) is 0 Å². The molecule has 0 atom stereocenters. The third kappa shape index (κ3) is 2.84. The van der Waals surface area contributed by atoms with E-state index >= 15 is 0 Å². The zero-order chi connectivity index (χ0) is 13.7. The largest absolute Gasteiger partial charge is 0.495 e. The minimum atomic E-state index is -0.344. The normalized spacial score (nSPS) is 9.47. The van der Waals surface area contributed by atoms with Crippen LogP contribution in [0, 0.1) is 11.3 Å². The van der Waals surface area contributed by atoms with Gasteiger partial charge in [-0.05, 0) is 12.1 Å². The van der Waals surface area contributed by atoms with Crippen molar-refractivity contribution < 1.29 is 9.53 Å². The summed E-state index contributed by atoms with van der Waals surface area (Å²) < 4.78 is 5.13. The third-order valence-corrected chi connectivity index (χ3v) is 2.40. The number of rotatable bonds is 3. The number of ether oxygens (including phenoxy) is 1. The molecule has 1 heterocycles. The minimum absolute atomic E-state index is 0.342. The Hall–Kier alpha value is -2.94. The molecule has 2 rings (SSSR count). The van der Waals surface area contributed by atoms with Crippen LogP contribution >= 0.6 is 0 Å². The van der Waals surface area contributed by atoms with Crippen molar-refractivity contribution in [2.24, 2.45) is 0 Å². The fourth-order valence-electron chi connectivity index (χ4n) is 1.47. The summed E-state index contributed by atoms with van der Waals surface area (Å²) in [4.78, 5) is 19.5. The Kier molecular flexibility index (Phi) is 3.69. The van der Waals surface area contributed by atoms with Crippen LogP contribution in [0.15, 0.2) is 36.9 Å². The number of methoxy groups -OCH3 is 1. The zero-order valence-electron chi connectivity index (χ0n) is 10.1. The minimum Gasteiger partial charge on any atom is -0.495 e. The maximum Gasteiger partial charge on any atom is 0.258 e. The number of carbonyl (C=O) groups is 1. The number of hydrogen-bond donors (Lipinski definition) is 1. The Morgan fingerprint density at radius 3 is 2.74 bits per heavy atom. The van der Waals surface area contributed by atoms with E-state index in [1.807, 2.05) is 6.07 Å². The van der Waals surface area contributed by atoms with Gasteiger partial charge in [-0.3, -0.25) is 4.79 Å². The number of carbonyl (C=O) groups excluding carboxylic acids is 1. The second kappa shape index (κ2) is 5.60. The molecule has 0 unspecified atom stereocenters. The number of nitrogens with zero attached hydrogens (tertiary/aromatic N) is 3. The molecule has 0 aliphatic rings. The van der Waals surface area contributed by atoms with Crippen LogP contribution in [0.3, 0.4) is 0 Å². The van der Waals surface area contributed by atoms with Crippen LogP contribution in [0.5, 0.6) is 5.75 Å². The molecule has 0 spiro atoms. The van der Waals surface area contributed by atoms with E-state index in [9.17, 15) is 4.79 Å². The molecule has 19 heavy (non-hydrogen) atoms. The van der Waals surface area contributed by atoms with Crippen LogP contribution in [0.2, 0.25) is 0 Å². The number of nitrogens with one attached hydrogen (secondary N) is 1. The average Bonchev–Trinajstić information content (AvgIpc) is 2.48. The second-order valence-corrected chi connectivity index (χ2v) is 3.61. The smallest absolute Gasteiger partial charge is 0.258 e. The molecule has 1 aromatic carbocycles. The van der Waals surface area contributed by atoms with Gasteiger partial charge >= 0.3 is 0 Å². The highest BCUT2D eigenvalue weighted by atomic mass is 16.5. The number of aromatic nitrogens is 2. The van der Waals surface area contributed by atoms with E-state index in [4.69, 9.17) is 10.00 Å². The van der Waals surface area contributed by atoms with Gasteiger partial charge in [-0.1, -0.05) is 0 Å². The summed E-state index contributed by atoms with van der Waals surface area (Å²) in [6.45, 7) is 0. The van der Waals surface area contributed by atoms with Crippen molar-refractivity contribution in [3.05, 3.63) is 48.0 Å². The molecule has 0 bridgehead atoms. The van der Waals surface area contributed by atoms with Gasteiger partial charge in [0.15, 0.2) is 0 Å². The highest BCUT2D eigenvalue weighted by molar-refractivity contribution is 6.04. The van der Waals surface area contributed by atoms with Crippen LogP contribution in [-0.4, -0.2) is 23.0 Å². The first-order valence-corrected chi connectivity index (χ1v) is 5.39. The van der Waals surface area contributed by atoms with Crippen LogP contribution in [0.25, 0.3) is 0 Å². The van der Waals surface area contributed by atoms with Gasteiger partial charge in [-0.15, -0.1) is 0 Å². The molecule has 0 fully saturated rings. The summed E-state index contributed by atoms with van der Waals surface area (Å²) in [6.07, 6.45) is 4.18. The fraction of sp³-hybridized carbons (Fsp3) is 0.0769. The number of benzene rings is 1. The predicted molar refractivity (Wildman–Crippen MR) is 67.7 cm³/mol. The van der Waals surface area contributed by atoms with E-state index in [1.54, 1.807) is 18.2 Å². The SMILES string of the molecule is COc1cc(C#N)ccc1NC(=O)c1cncnc1. The maximum absolute atomic E-state index is 11.9. The van der Waals surface area contributed by atoms with Gasteiger partial charge in [0, 0.05) is 18.5 Å². The van der Waals surface area contributed by atoms with Gasteiger partial charge in [0.25, 0.3) is 5.91 Å². The van der Waals surface area contributed by atoms with Crippen molar-refractivity contribution >= 4 is 11.6 Å². The summed E-state index contributed by atoms with van der Waals surface area (Å²) in [5.41, 5.74) is 1.28. The first-order valence-electron chi connectivity index (χ1n) is 5.39. The van der Waals surface area contributed by atoms with Crippen LogP contribution < -0.4 is 10.1 Å². The van der Waals surface area contributed by atoms with Gasteiger partial charge in [-0.2, -0.15) is 5.26 Å². The van der Waals surface area contributed by atoms with Gasteiger partial charge < -0.3 is 10.1 Å².